The highest BCUT2D eigenvalue weighted by atomic mass is 16.6. The van der Waals surface area contributed by atoms with E-state index in [0.717, 1.165) is 12.0 Å². The van der Waals surface area contributed by atoms with Gasteiger partial charge in [-0.25, -0.2) is 0 Å². The number of non-ortho nitro benzene ring substituents is 1. The molecule has 5 heteroatoms. The number of hydrogen-bond donors (Lipinski definition) is 1. The molecule has 1 aromatic carbocycles. The van der Waals surface area contributed by atoms with Crippen LogP contribution in [0.1, 0.15) is 25.8 Å². The van der Waals surface area contributed by atoms with Gasteiger partial charge in [0.05, 0.1) is 18.1 Å². The smallest absolute Gasteiger partial charge is 0.273 e. The van der Waals surface area contributed by atoms with Crippen LogP contribution >= 0.6 is 0 Å². The Kier molecular flexibility index (Phi) is 4.67. The standard InChI is InChI=1S/C13H20N2O3/c1-4-13(2,9-14)8-10-5-11(15(16)17)7-12(6-10)18-3/h5-7H,4,8-9,14H2,1-3H3. The zero-order valence-electron chi connectivity index (χ0n) is 11.1. The van der Waals surface area contributed by atoms with Gasteiger partial charge in [0.15, 0.2) is 0 Å². The molecule has 18 heavy (non-hydrogen) atoms. The summed E-state index contributed by atoms with van der Waals surface area (Å²) < 4.78 is 5.09. The quantitative estimate of drug-likeness (QED) is 0.623. The van der Waals surface area contributed by atoms with Gasteiger partial charge in [-0.3, -0.25) is 10.1 Å². The largest absolute Gasteiger partial charge is 0.496 e. The van der Waals surface area contributed by atoms with Crippen LogP contribution in [-0.2, 0) is 6.42 Å². The summed E-state index contributed by atoms with van der Waals surface area (Å²) in [7, 11) is 1.50. The number of ether oxygens (including phenoxy) is 1. The third kappa shape index (κ3) is 3.43. The molecule has 0 amide bonds. The molecule has 5 nitrogen and oxygen atoms in total. The third-order valence-electron chi connectivity index (χ3n) is 3.37. The van der Waals surface area contributed by atoms with Crippen molar-refractivity contribution in [2.75, 3.05) is 13.7 Å². The number of rotatable bonds is 6. The van der Waals surface area contributed by atoms with Gasteiger partial charge in [0, 0.05) is 6.07 Å². The van der Waals surface area contributed by atoms with E-state index in [4.69, 9.17) is 10.5 Å². The normalized spacial score (nSPS) is 14.0. The first-order valence-corrected chi connectivity index (χ1v) is 5.96. The Labute approximate surface area is 107 Å². The first-order valence-electron chi connectivity index (χ1n) is 5.96. The molecule has 0 radical (unpaired) electrons. The fourth-order valence-corrected chi connectivity index (χ4v) is 1.80. The molecule has 0 saturated heterocycles. The van der Waals surface area contributed by atoms with Crippen LogP contribution in [0.3, 0.4) is 0 Å². The van der Waals surface area contributed by atoms with Crippen molar-refractivity contribution >= 4 is 5.69 Å². The van der Waals surface area contributed by atoms with Gasteiger partial charge in [-0.2, -0.15) is 0 Å². The topological polar surface area (TPSA) is 78.4 Å². The highest BCUT2D eigenvalue weighted by Gasteiger charge is 2.22. The zero-order valence-corrected chi connectivity index (χ0v) is 11.1. The number of nitro groups is 1. The maximum Gasteiger partial charge on any atom is 0.273 e. The molecule has 0 aliphatic heterocycles. The van der Waals surface area contributed by atoms with Crippen molar-refractivity contribution < 1.29 is 9.66 Å². The second kappa shape index (κ2) is 5.82. The summed E-state index contributed by atoms with van der Waals surface area (Å²) >= 11 is 0. The van der Waals surface area contributed by atoms with Crippen molar-refractivity contribution in [3.63, 3.8) is 0 Å². The average molecular weight is 252 g/mol. The van der Waals surface area contributed by atoms with Crippen molar-refractivity contribution in [3.05, 3.63) is 33.9 Å². The van der Waals surface area contributed by atoms with Gasteiger partial charge in [-0.05, 0) is 36.4 Å². The Hall–Kier alpha value is -1.62. The van der Waals surface area contributed by atoms with E-state index in [0.29, 0.717) is 18.7 Å². The van der Waals surface area contributed by atoms with Crippen LogP contribution in [0.25, 0.3) is 0 Å². The predicted molar refractivity (Wildman–Crippen MR) is 70.8 cm³/mol. The van der Waals surface area contributed by atoms with Gasteiger partial charge in [0.2, 0.25) is 0 Å². The van der Waals surface area contributed by atoms with Crippen LogP contribution in [-0.4, -0.2) is 18.6 Å². The first kappa shape index (κ1) is 14.4. The molecule has 1 atom stereocenters. The molecule has 1 rings (SSSR count). The van der Waals surface area contributed by atoms with Crippen LogP contribution in [0.2, 0.25) is 0 Å². The molecule has 2 N–H and O–H groups in total. The second-order valence-corrected chi connectivity index (χ2v) is 4.84. The van der Waals surface area contributed by atoms with Gasteiger partial charge >= 0.3 is 0 Å². The Morgan fingerprint density at radius 3 is 2.56 bits per heavy atom. The van der Waals surface area contributed by atoms with Crippen LogP contribution in [0.15, 0.2) is 18.2 Å². The summed E-state index contributed by atoms with van der Waals surface area (Å²) in [4.78, 5) is 10.4. The molecule has 0 saturated carbocycles. The molecule has 0 aliphatic rings. The molecule has 1 unspecified atom stereocenters. The van der Waals surface area contributed by atoms with Gasteiger partial charge in [-0.15, -0.1) is 0 Å². The predicted octanol–water partition coefficient (Wildman–Crippen LogP) is 2.52. The minimum atomic E-state index is -0.405. The lowest BCUT2D eigenvalue weighted by Crippen LogP contribution is -2.28. The van der Waals surface area contributed by atoms with Gasteiger partial charge in [-0.1, -0.05) is 13.8 Å². The maximum atomic E-state index is 10.9. The van der Waals surface area contributed by atoms with Gasteiger partial charge < -0.3 is 10.5 Å². The third-order valence-corrected chi connectivity index (χ3v) is 3.37. The van der Waals surface area contributed by atoms with Gasteiger partial charge in [0.1, 0.15) is 5.75 Å². The van der Waals surface area contributed by atoms with E-state index in [1.807, 2.05) is 6.07 Å². The molecule has 0 bridgehead atoms. The molecule has 0 aliphatic carbocycles. The van der Waals surface area contributed by atoms with E-state index in [1.165, 1.54) is 13.2 Å². The number of methoxy groups -OCH3 is 1. The van der Waals surface area contributed by atoms with Crippen molar-refractivity contribution in [3.8, 4) is 5.75 Å². The Bertz CT molecular complexity index is 428. The first-order chi connectivity index (χ1) is 8.44. The molecule has 0 aromatic heterocycles. The van der Waals surface area contributed by atoms with Crippen LogP contribution < -0.4 is 10.5 Å². The summed E-state index contributed by atoms with van der Waals surface area (Å²) in [6, 6.07) is 4.85. The summed E-state index contributed by atoms with van der Waals surface area (Å²) in [6.45, 7) is 4.70. The summed E-state index contributed by atoms with van der Waals surface area (Å²) in [5, 5.41) is 10.9. The zero-order chi connectivity index (χ0) is 13.8. The summed E-state index contributed by atoms with van der Waals surface area (Å²) in [5.74, 6) is 0.509. The van der Waals surface area contributed by atoms with E-state index in [9.17, 15) is 10.1 Å². The number of nitro benzene ring substituents is 1. The number of benzene rings is 1. The molecule has 1 aromatic rings. The number of nitrogens with two attached hydrogens (primary N) is 1. The number of hydrogen-bond acceptors (Lipinski definition) is 4. The molecule has 0 heterocycles. The minimum absolute atomic E-state index is 0.0414. The fraction of sp³-hybridized carbons (Fsp3) is 0.538. The van der Waals surface area contributed by atoms with Crippen LogP contribution in [0, 0.1) is 15.5 Å². The molecular formula is C13H20N2O3. The highest BCUT2D eigenvalue weighted by Crippen LogP contribution is 2.29. The lowest BCUT2D eigenvalue weighted by Gasteiger charge is -2.26. The molecule has 0 spiro atoms. The lowest BCUT2D eigenvalue weighted by molar-refractivity contribution is -0.385. The molecule has 0 fully saturated rings. The monoisotopic (exact) mass is 252 g/mol. The fourth-order valence-electron chi connectivity index (χ4n) is 1.80. The van der Waals surface area contributed by atoms with Crippen molar-refractivity contribution in [2.24, 2.45) is 11.1 Å². The summed E-state index contributed by atoms with van der Waals surface area (Å²) in [5.41, 5.74) is 6.67. The van der Waals surface area contributed by atoms with Crippen molar-refractivity contribution in [2.45, 2.75) is 26.7 Å². The van der Waals surface area contributed by atoms with E-state index in [-0.39, 0.29) is 11.1 Å². The number of nitrogens with zero attached hydrogens (tertiary/aromatic N) is 1. The second-order valence-electron chi connectivity index (χ2n) is 4.84. The van der Waals surface area contributed by atoms with Crippen molar-refractivity contribution in [1.82, 2.24) is 0 Å². The maximum absolute atomic E-state index is 10.9. The van der Waals surface area contributed by atoms with E-state index < -0.39 is 4.92 Å². The minimum Gasteiger partial charge on any atom is -0.496 e. The Morgan fingerprint density at radius 2 is 2.11 bits per heavy atom. The van der Waals surface area contributed by atoms with E-state index in [1.54, 1.807) is 6.07 Å². The SMILES string of the molecule is CCC(C)(CN)Cc1cc(OC)cc([N+](=O)[O-])c1. The Morgan fingerprint density at radius 1 is 1.44 bits per heavy atom. The summed E-state index contributed by atoms with van der Waals surface area (Å²) in [6.07, 6.45) is 1.63. The van der Waals surface area contributed by atoms with Crippen LogP contribution in [0.5, 0.6) is 5.75 Å². The average Bonchev–Trinajstić information content (AvgIpc) is 2.38. The highest BCUT2D eigenvalue weighted by molar-refractivity contribution is 5.43. The van der Waals surface area contributed by atoms with Crippen molar-refractivity contribution in [1.29, 1.82) is 0 Å². The van der Waals surface area contributed by atoms with E-state index in [2.05, 4.69) is 13.8 Å². The van der Waals surface area contributed by atoms with E-state index >= 15 is 0 Å². The lowest BCUT2D eigenvalue weighted by atomic mass is 9.81. The Balaban J connectivity index is 3.08. The molecular weight excluding hydrogens is 232 g/mol. The van der Waals surface area contributed by atoms with Crippen LogP contribution in [0.4, 0.5) is 5.69 Å². The molecule has 100 valence electrons. The van der Waals surface area contributed by atoms with Gasteiger partial charge in [0.25, 0.3) is 5.69 Å².